The van der Waals surface area contributed by atoms with Gasteiger partial charge in [-0.15, -0.1) is 11.8 Å². The normalized spacial score (nSPS) is 12.4. The van der Waals surface area contributed by atoms with Gasteiger partial charge in [0, 0.05) is 46.1 Å². The third-order valence-corrected chi connectivity index (χ3v) is 9.93. The predicted octanol–water partition coefficient (Wildman–Crippen LogP) is 9.40. The molecule has 3 aromatic carbocycles. The van der Waals surface area contributed by atoms with Gasteiger partial charge in [-0.25, -0.2) is 9.37 Å². The Bertz CT molecular complexity index is 2310. The first-order valence-electron chi connectivity index (χ1n) is 18.5. The molecule has 3 heterocycles. The van der Waals surface area contributed by atoms with E-state index in [1.54, 1.807) is 17.8 Å². The van der Waals surface area contributed by atoms with Crippen LogP contribution in [0.2, 0.25) is 0 Å². The molecular formula is C44H50FN7O2S. The van der Waals surface area contributed by atoms with E-state index in [1.165, 1.54) is 12.3 Å². The molecule has 9 nitrogen and oxygen atoms in total. The van der Waals surface area contributed by atoms with Crippen LogP contribution >= 0.6 is 11.8 Å². The Hall–Kier alpha value is -5.26. The zero-order chi connectivity index (χ0) is 39.3. The number of guanidine groups is 1. The Morgan fingerprint density at radius 3 is 2.40 bits per heavy atom. The fourth-order valence-electron chi connectivity index (χ4n) is 5.84. The highest BCUT2D eigenvalue weighted by molar-refractivity contribution is 8.01. The van der Waals surface area contributed by atoms with Crippen LogP contribution < -0.4 is 15.4 Å². The number of pyridine rings is 2. The maximum absolute atomic E-state index is 13.6. The van der Waals surface area contributed by atoms with Gasteiger partial charge in [-0.3, -0.25) is 9.78 Å². The number of aliphatic imine (C=N–C) groups is 1. The molecule has 0 atom stereocenters. The number of anilines is 1. The smallest absolute Gasteiger partial charge is 0.254 e. The maximum atomic E-state index is 13.6. The quantitative estimate of drug-likeness (QED) is 0.0767. The number of fused-ring (bicyclic) bond motifs is 2. The van der Waals surface area contributed by atoms with Crippen LogP contribution in [-0.4, -0.2) is 63.2 Å². The Morgan fingerprint density at radius 2 is 1.71 bits per heavy atom. The number of benzene rings is 3. The van der Waals surface area contributed by atoms with E-state index in [4.69, 9.17) is 9.72 Å². The molecule has 0 saturated carbocycles. The molecule has 0 aliphatic rings. The Morgan fingerprint density at radius 1 is 0.945 bits per heavy atom. The van der Waals surface area contributed by atoms with Crippen molar-refractivity contribution in [2.45, 2.75) is 64.3 Å². The van der Waals surface area contributed by atoms with Crippen molar-refractivity contribution in [2.24, 2.45) is 10.4 Å². The van der Waals surface area contributed by atoms with Gasteiger partial charge in [0.2, 0.25) is 5.96 Å². The number of nitrogens with one attached hydrogen (secondary N) is 2. The lowest BCUT2D eigenvalue weighted by Gasteiger charge is -2.22. The number of hydrogen-bond donors (Lipinski definition) is 2. The summed E-state index contributed by atoms with van der Waals surface area (Å²) < 4.78 is 22.0. The van der Waals surface area contributed by atoms with Crippen LogP contribution in [0.15, 0.2) is 107 Å². The van der Waals surface area contributed by atoms with Gasteiger partial charge in [-0.05, 0) is 62.1 Å². The van der Waals surface area contributed by atoms with Crippen LogP contribution in [0.3, 0.4) is 0 Å². The predicted molar refractivity (Wildman–Crippen MR) is 224 cm³/mol. The third kappa shape index (κ3) is 10.3. The van der Waals surface area contributed by atoms with Crippen molar-refractivity contribution in [3.05, 3.63) is 114 Å². The second-order valence-corrected chi connectivity index (χ2v) is 17.7. The summed E-state index contributed by atoms with van der Waals surface area (Å²) in [6, 6.07) is 29.5. The fourth-order valence-corrected chi connectivity index (χ4v) is 6.98. The van der Waals surface area contributed by atoms with Gasteiger partial charge >= 0.3 is 0 Å². The van der Waals surface area contributed by atoms with Crippen LogP contribution in [0.4, 0.5) is 10.2 Å². The van der Waals surface area contributed by atoms with E-state index in [0.717, 1.165) is 61.6 Å². The molecule has 6 rings (SSSR count). The van der Waals surface area contributed by atoms with E-state index in [1.807, 2.05) is 77.3 Å². The molecule has 2 N–H and O–H groups in total. The van der Waals surface area contributed by atoms with Crippen molar-refractivity contribution in [1.29, 1.82) is 0 Å². The lowest BCUT2D eigenvalue weighted by molar-refractivity contribution is -0.124. The van der Waals surface area contributed by atoms with Crippen LogP contribution in [0.1, 0.15) is 52.8 Å². The van der Waals surface area contributed by atoms with Gasteiger partial charge in [0.1, 0.15) is 24.0 Å². The number of thioether (sulfide) groups is 1. The number of aromatic nitrogens is 3. The minimum absolute atomic E-state index is 0.165. The number of carbonyl (C=O) groups excluding carboxylic acids is 1. The molecule has 11 heteroatoms. The molecule has 0 saturated heterocycles. The second kappa shape index (κ2) is 16.6. The molecule has 0 aliphatic heterocycles. The van der Waals surface area contributed by atoms with Gasteiger partial charge < -0.3 is 24.8 Å². The van der Waals surface area contributed by atoms with Gasteiger partial charge in [0.25, 0.3) is 5.91 Å². The lowest BCUT2D eigenvalue weighted by Crippen LogP contribution is -2.38. The average molecular weight is 760 g/mol. The van der Waals surface area contributed by atoms with Crippen molar-refractivity contribution in [3.8, 4) is 17.0 Å². The summed E-state index contributed by atoms with van der Waals surface area (Å²) in [6.07, 6.45) is 1.23. The van der Waals surface area contributed by atoms with E-state index < -0.39 is 5.41 Å². The molecule has 6 aromatic rings. The Balaban J connectivity index is 1.43. The number of nitrogens with zero attached hydrogens (tertiary/aromatic N) is 5. The first-order chi connectivity index (χ1) is 26.1. The highest BCUT2D eigenvalue weighted by Crippen LogP contribution is 2.45. The van der Waals surface area contributed by atoms with E-state index in [9.17, 15) is 9.18 Å². The standard InChI is InChI=1S/C44H50FN7O2S/c1-43(2,3)41(53)50-42(46-23-24-51(7)8)49-40-39(55-44(4,5)6)35-25-34(54-28-33-19-17-30-11-9-10-12-37(30)48-33)20-22-38(35)52(40)27-29-13-15-31(16-14-29)36-21-18-32(45)26-47-36/h9-22,25-26H,23-24,27-28H2,1-8H3,(H2,46,49,50,53). The molecule has 0 spiro atoms. The summed E-state index contributed by atoms with van der Waals surface area (Å²) in [7, 11) is 4.02. The summed E-state index contributed by atoms with van der Waals surface area (Å²) in [6.45, 7) is 14.3. The zero-order valence-electron chi connectivity index (χ0n) is 32.9. The first-order valence-corrected chi connectivity index (χ1v) is 19.3. The van der Waals surface area contributed by atoms with E-state index in [0.29, 0.717) is 31.3 Å². The van der Waals surface area contributed by atoms with E-state index in [2.05, 4.69) is 87.2 Å². The zero-order valence-corrected chi connectivity index (χ0v) is 33.7. The monoisotopic (exact) mass is 759 g/mol. The molecule has 0 radical (unpaired) electrons. The molecule has 0 unspecified atom stereocenters. The highest BCUT2D eigenvalue weighted by Gasteiger charge is 2.26. The maximum Gasteiger partial charge on any atom is 0.254 e. The number of rotatable bonds is 11. The largest absolute Gasteiger partial charge is 0.487 e. The number of likely N-dealkylation sites (N-methyl/N-ethyl adjacent to an activating group) is 1. The molecule has 0 aliphatic carbocycles. The fraction of sp³-hybridized carbons (Fsp3) is 0.318. The van der Waals surface area contributed by atoms with Crippen LogP contribution in [0.25, 0.3) is 33.1 Å². The second-order valence-electron chi connectivity index (χ2n) is 15.9. The summed E-state index contributed by atoms with van der Waals surface area (Å²) in [5, 5.41) is 9.11. The third-order valence-electron chi connectivity index (χ3n) is 8.70. The molecule has 286 valence electrons. The number of hydrogen-bond acceptors (Lipinski definition) is 6. The lowest BCUT2D eigenvalue weighted by atomic mass is 9.96. The molecule has 0 bridgehead atoms. The first kappa shape index (κ1) is 39.4. The molecule has 1 amide bonds. The van der Waals surface area contributed by atoms with Crippen LogP contribution in [0.5, 0.6) is 5.75 Å². The van der Waals surface area contributed by atoms with Crippen LogP contribution in [-0.2, 0) is 17.9 Å². The molecule has 55 heavy (non-hydrogen) atoms. The summed E-state index contributed by atoms with van der Waals surface area (Å²) in [4.78, 5) is 30.1. The Labute approximate surface area is 327 Å². The van der Waals surface area contributed by atoms with Crippen molar-refractivity contribution in [3.63, 3.8) is 0 Å². The van der Waals surface area contributed by atoms with Gasteiger partial charge in [-0.2, -0.15) is 4.99 Å². The van der Waals surface area contributed by atoms with Gasteiger partial charge in [-0.1, -0.05) is 90.1 Å². The van der Waals surface area contributed by atoms with Crippen molar-refractivity contribution in [2.75, 3.05) is 32.5 Å². The summed E-state index contributed by atoms with van der Waals surface area (Å²) >= 11 is 1.74. The molecular weight excluding hydrogens is 710 g/mol. The van der Waals surface area contributed by atoms with Crippen molar-refractivity contribution >= 4 is 51.3 Å². The average Bonchev–Trinajstić information content (AvgIpc) is 3.39. The summed E-state index contributed by atoms with van der Waals surface area (Å²) in [5.74, 6) is 1.32. The number of halogens is 1. The van der Waals surface area contributed by atoms with Gasteiger partial charge in [0.05, 0.1) is 33.5 Å². The Kier molecular flexibility index (Phi) is 11.9. The highest BCUT2D eigenvalue weighted by atomic mass is 32.2. The van der Waals surface area contributed by atoms with E-state index in [-0.39, 0.29) is 16.5 Å². The SMILES string of the molecule is CN(C)CCNC(=NC(=O)C(C)(C)C)Nc1c(SC(C)(C)C)c2cc(OCc3ccc4ccccc4n3)ccc2n1Cc1ccc(-c2ccc(F)cn2)cc1. The van der Waals surface area contributed by atoms with Crippen LogP contribution in [0, 0.1) is 11.2 Å². The topological polar surface area (TPSA) is 96.7 Å². The number of carbonyl (C=O) groups is 1. The van der Waals surface area contributed by atoms with Crippen molar-refractivity contribution in [1.82, 2.24) is 24.8 Å². The minimum Gasteiger partial charge on any atom is -0.487 e. The number of para-hydroxylation sites is 1. The van der Waals surface area contributed by atoms with E-state index >= 15 is 0 Å². The minimum atomic E-state index is -0.668. The molecule has 0 fully saturated rings. The molecule has 3 aromatic heterocycles. The van der Waals surface area contributed by atoms with Gasteiger partial charge in [0.15, 0.2) is 0 Å². The van der Waals surface area contributed by atoms with Crippen molar-refractivity contribution < 1.29 is 13.9 Å². The number of amides is 1. The summed E-state index contributed by atoms with van der Waals surface area (Å²) in [5.41, 5.74) is 4.74. The number of ether oxygens (including phenoxy) is 1.